The Kier molecular flexibility index (Phi) is 16.1. The molecule has 5 aliphatic heterocycles. The molecule has 386 valence electrons. The summed E-state index contributed by atoms with van der Waals surface area (Å²) < 4.78 is 22.6. The summed E-state index contributed by atoms with van der Waals surface area (Å²) >= 11 is 0. The predicted octanol–water partition coefficient (Wildman–Crippen LogP) is 9.99. The lowest BCUT2D eigenvalue weighted by Gasteiger charge is -2.22. The van der Waals surface area contributed by atoms with E-state index < -0.39 is 6.09 Å². The first-order valence-corrected chi connectivity index (χ1v) is 26.3. The van der Waals surface area contributed by atoms with Crippen LogP contribution in [-0.4, -0.2) is 102 Å². The summed E-state index contributed by atoms with van der Waals surface area (Å²) in [5.74, 6) is 1.52. The summed E-state index contributed by atoms with van der Waals surface area (Å²) in [6.45, 7) is 10.3. The van der Waals surface area contributed by atoms with Gasteiger partial charge in [-0.1, -0.05) is 84.9 Å². The lowest BCUT2D eigenvalue weighted by molar-refractivity contribution is 0.0979. The zero-order valence-electron chi connectivity index (χ0n) is 42.8. The number of amides is 3. The SMILES string of the molecule is C1COCCN1.Cc1cc2c(cc1OCCCCN)N=C[C@@H]1Cc3ccccc3N1C2=O.Cc1cc2c(cc1OCCCCNC(=O)OCC1c3ccccc3-c3ccccc31)N=C[C@@H]1Cc3ccccc3N1C2=O. The number of rotatable bonds is 13. The minimum absolute atomic E-state index is 0.00484. The highest BCUT2D eigenvalue weighted by Gasteiger charge is 2.38. The largest absolute Gasteiger partial charge is 0.493 e. The molecule has 0 spiro atoms. The highest BCUT2D eigenvalue weighted by molar-refractivity contribution is 6.15. The molecule has 1 fully saturated rings. The van der Waals surface area contributed by atoms with Crippen LogP contribution in [-0.2, 0) is 22.3 Å². The molecule has 6 aliphatic rings. The number of aliphatic imine (C=N–C) groups is 2. The van der Waals surface area contributed by atoms with E-state index in [1.807, 2.05) is 121 Å². The zero-order chi connectivity index (χ0) is 51.7. The Morgan fingerprint density at radius 1 is 0.653 bits per heavy atom. The first-order chi connectivity index (χ1) is 36.8. The number of nitrogens with zero attached hydrogens (tertiary/aromatic N) is 4. The molecule has 3 amide bonds. The van der Waals surface area contributed by atoms with Crippen LogP contribution in [0.2, 0.25) is 0 Å². The van der Waals surface area contributed by atoms with Gasteiger partial charge in [0.05, 0.1) is 61.0 Å². The van der Waals surface area contributed by atoms with Crippen LogP contribution < -0.4 is 35.6 Å². The molecule has 5 heterocycles. The highest BCUT2D eigenvalue weighted by Crippen LogP contribution is 2.45. The molecule has 1 saturated heterocycles. The summed E-state index contributed by atoms with van der Waals surface area (Å²) in [5.41, 5.74) is 19.0. The Hall–Kier alpha value is -7.65. The molecule has 75 heavy (non-hydrogen) atoms. The molecule has 14 heteroatoms. The molecule has 4 N–H and O–H groups in total. The number of carbonyl (C=O) groups excluding carboxylic acids is 3. The molecular formula is C61H65N7O7. The second kappa shape index (κ2) is 23.7. The first-order valence-electron chi connectivity index (χ1n) is 26.3. The lowest BCUT2D eigenvalue weighted by Crippen LogP contribution is -2.37. The van der Waals surface area contributed by atoms with Crippen molar-refractivity contribution in [2.24, 2.45) is 15.7 Å². The van der Waals surface area contributed by atoms with Gasteiger partial charge >= 0.3 is 6.09 Å². The van der Waals surface area contributed by atoms with E-state index in [9.17, 15) is 14.4 Å². The minimum Gasteiger partial charge on any atom is -0.493 e. The fraction of sp³-hybridized carbons (Fsp3) is 0.328. The smallest absolute Gasteiger partial charge is 0.407 e. The summed E-state index contributed by atoms with van der Waals surface area (Å²) in [6, 6.07) is 40.1. The van der Waals surface area contributed by atoms with Gasteiger partial charge in [-0.05, 0) is 115 Å². The summed E-state index contributed by atoms with van der Waals surface area (Å²) in [5, 5.41) is 6.03. The van der Waals surface area contributed by atoms with Gasteiger partial charge in [0.2, 0.25) is 0 Å². The number of unbranched alkanes of at least 4 members (excludes halogenated alkanes) is 2. The van der Waals surface area contributed by atoms with Gasteiger partial charge in [0, 0.05) is 74.3 Å². The van der Waals surface area contributed by atoms with Gasteiger partial charge in [-0.15, -0.1) is 0 Å². The maximum absolute atomic E-state index is 13.5. The highest BCUT2D eigenvalue weighted by atomic mass is 16.5. The van der Waals surface area contributed by atoms with Crippen molar-refractivity contribution in [1.29, 1.82) is 0 Å². The predicted molar refractivity (Wildman–Crippen MR) is 295 cm³/mol. The second-order valence-electron chi connectivity index (χ2n) is 19.5. The molecule has 0 bridgehead atoms. The lowest BCUT2D eigenvalue weighted by atomic mass is 9.98. The van der Waals surface area contributed by atoms with Crippen LogP contribution in [0.4, 0.5) is 27.5 Å². The van der Waals surface area contributed by atoms with Crippen molar-refractivity contribution in [2.75, 3.05) is 69.0 Å². The number of para-hydroxylation sites is 2. The maximum atomic E-state index is 13.5. The quantitative estimate of drug-likeness (QED) is 0.0954. The second-order valence-corrected chi connectivity index (χ2v) is 19.5. The van der Waals surface area contributed by atoms with Gasteiger partial charge in [-0.2, -0.15) is 0 Å². The fourth-order valence-electron chi connectivity index (χ4n) is 10.6. The number of anilines is 2. The summed E-state index contributed by atoms with van der Waals surface area (Å²) in [4.78, 5) is 52.2. The Morgan fingerprint density at radius 3 is 1.64 bits per heavy atom. The van der Waals surface area contributed by atoms with E-state index >= 15 is 0 Å². The standard InChI is InChI=1S/C36H33N3O4.C21H23N3O2.C4H9NO/c1-23-18-30-32(38-21-25-19-24-10-2-7-15-33(24)39(25)35(30)40)20-34(23)42-17-9-8-16-37-36(41)43-22-31-28-13-5-3-11-26(28)27-12-4-6-14-29(27)31;1-14-10-17-18(12-20(14)26-9-5-4-8-22)23-13-16-11-15-6-2-3-7-19(15)24(16)21(17)25;1-3-6-4-2-5-1/h2-7,10-15,18,20-21,25,31H,8-9,16-17,19,22H2,1H3,(H,37,41);2-3,6-7,10,12-13,16H,4-5,8-9,11,22H2,1H3;5H,1-4H2/t25-;16-;/m00./s1. The van der Waals surface area contributed by atoms with Crippen molar-refractivity contribution < 1.29 is 33.3 Å². The number of carbonyl (C=O) groups is 3. The summed E-state index contributed by atoms with van der Waals surface area (Å²) in [6.07, 6.45) is 8.30. The number of hydrogen-bond donors (Lipinski definition) is 3. The van der Waals surface area contributed by atoms with Crippen molar-refractivity contribution in [3.05, 3.63) is 166 Å². The maximum Gasteiger partial charge on any atom is 0.407 e. The zero-order valence-corrected chi connectivity index (χ0v) is 42.8. The van der Waals surface area contributed by atoms with Gasteiger partial charge in [-0.3, -0.25) is 29.4 Å². The van der Waals surface area contributed by atoms with E-state index in [4.69, 9.17) is 24.7 Å². The number of benzene rings is 6. The van der Waals surface area contributed by atoms with E-state index in [1.54, 1.807) is 0 Å². The molecule has 0 radical (unpaired) electrons. The molecule has 0 aromatic heterocycles. The Balaban J connectivity index is 0.000000169. The molecular weight excluding hydrogens is 943 g/mol. The van der Waals surface area contributed by atoms with E-state index in [2.05, 4.69) is 57.0 Å². The Bertz CT molecular complexity index is 3060. The molecule has 2 atom stereocenters. The third-order valence-electron chi connectivity index (χ3n) is 14.4. The van der Waals surface area contributed by atoms with Crippen molar-refractivity contribution >= 4 is 53.1 Å². The minimum atomic E-state index is -0.407. The normalized spacial score (nSPS) is 17.2. The summed E-state index contributed by atoms with van der Waals surface area (Å²) in [7, 11) is 0. The number of ether oxygens (including phenoxy) is 4. The Labute approximate surface area is 439 Å². The third kappa shape index (κ3) is 11.2. The van der Waals surface area contributed by atoms with E-state index in [0.717, 1.165) is 98.8 Å². The number of alkyl carbamates (subject to hydrolysis) is 1. The number of aryl methyl sites for hydroxylation is 2. The van der Waals surface area contributed by atoms with Crippen molar-refractivity contribution in [2.45, 2.75) is 70.4 Å². The fourth-order valence-corrected chi connectivity index (χ4v) is 10.6. The van der Waals surface area contributed by atoms with Gasteiger partial charge in [0.25, 0.3) is 11.8 Å². The van der Waals surface area contributed by atoms with Crippen LogP contribution in [0.25, 0.3) is 11.1 Å². The van der Waals surface area contributed by atoms with Crippen molar-refractivity contribution in [3.63, 3.8) is 0 Å². The van der Waals surface area contributed by atoms with Gasteiger partial charge in [0.15, 0.2) is 0 Å². The Morgan fingerprint density at radius 2 is 1.15 bits per heavy atom. The molecule has 12 rings (SSSR count). The van der Waals surface area contributed by atoms with Crippen LogP contribution in [0.5, 0.6) is 11.5 Å². The monoisotopic (exact) mass is 1010 g/mol. The van der Waals surface area contributed by atoms with Crippen molar-refractivity contribution in [3.8, 4) is 22.6 Å². The van der Waals surface area contributed by atoms with Gasteiger partial charge in [-0.25, -0.2) is 4.79 Å². The molecule has 6 aromatic carbocycles. The number of morpholine rings is 1. The van der Waals surface area contributed by atoms with Gasteiger partial charge in [0.1, 0.15) is 18.1 Å². The topological polar surface area (TPSA) is 169 Å². The van der Waals surface area contributed by atoms with E-state index in [1.165, 1.54) is 33.4 Å². The molecule has 6 aromatic rings. The van der Waals surface area contributed by atoms with Crippen LogP contribution in [0.3, 0.4) is 0 Å². The van der Waals surface area contributed by atoms with Crippen LogP contribution in [0, 0.1) is 13.8 Å². The van der Waals surface area contributed by atoms with E-state index in [0.29, 0.717) is 55.4 Å². The number of nitrogens with two attached hydrogens (primary N) is 1. The molecule has 14 nitrogen and oxygen atoms in total. The average molecular weight is 1010 g/mol. The first kappa shape index (κ1) is 50.9. The number of fused-ring (bicyclic) bond motifs is 11. The molecule has 0 saturated carbocycles. The number of nitrogens with one attached hydrogen (secondary N) is 2. The van der Waals surface area contributed by atoms with E-state index in [-0.39, 0.29) is 29.8 Å². The number of hydrogen-bond acceptors (Lipinski definition) is 11. The third-order valence-corrected chi connectivity index (χ3v) is 14.4. The van der Waals surface area contributed by atoms with Gasteiger partial charge < -0.3 is 35.3 Å². The van der Waals surface area contributed by atoms with Crippen LogP contribution >= 0.6 is 0 Å². The molecule has 0 unspecified atom stereocenters. The van der Waals surface area contributed by atoms with Crippen molar-refractivity contribution in [1.82, 2.24) is 10.6 Å². The van der Waals surface area contributed by atoms with Crippen LogP contribution in [0.1, 0.15) is 85.7 Å². The molecule has 1 aliphatic carbocycles. The average Bonchev–Trinajstić information content (AvgIpc) is 4.06. The van der Waals surface area contributed by atoms with Crippen LogP contribution in [0.15, 0.2) is 131 Å².